The van der Waals surface area contributed by atoms with Crippen LogP contribution in [0.2, 0.25) is 0 Å². The first-order valence-corrected chi connectivity index (χ1v) is 6.80. The molecule has 1 N–H and O–H groups in total. The summed E-state index contributed by atoms with van der Waals surface area (Å²) in [6.07, 6.45) is 4.15. The lowest BCUT2D eigenvalue weighted by atomic mass is 10.1. The van der Waals surface area contributed by atoms with E-state index >= 15 is 0 Å². The van der Waals surface area contributed by atoms with E-state index in [0.717, 1.165) is 31.1 Å². The van der Waals surface area contributed by atoms with Crippen molar-refractivity contribution in [2.24, 2.45) is 5.92 Å². The highest BCUT2D eigenvalue weighted by atomic mass is 32.1. The number of aromatic nitrogens is 1. The largest absolute Gasteiger partial charge is 0.376 e. The summed E-state index contributed by atoms with van der Waals surface area (Å²) in [6.45, 7) is 9.09. The molecule has 0 aromatic carbocycles. The van der Waals surface area contributed by atoms with Gasteiger partial charge in [-0.25, -0.2) is 4.98 Å². The molecule has 0 aliphatic rings. The summed E-state index contributed by atoms with van der Waals surface area (Å²) in [5, 5.41) is 4.28. The van der Waals surface area contributed by atoms with E-state index in [1.165, 1.54) is 4.88 Å². The number of thiazole rings is 1. The van der Waals surface area contributed by atoms with Crippen LogP contribution in [0.25, 0.3) is 0 Å². The van der Waals surface area contributed by atoms with E-state index in [1.54, 1.807) is 11.3 Å². The molecule has 0 aliphatic carbocycles. The minimum Gasteiger partial charge on any atom is -0.376 e. The van der Waals surface area contributed by atoms with Crippen molar-refractivity contribution in [2.75, 3.05) is 18.5 Å². The normalized spacial score (nSPS) is 11.0. The fourth-order valence-corrected chi connectivity index (χ4v) is 1.96. The van der Waals surface area contributed by atoms with E-state index < -0.39 is 0 Å². The third kappa shape index (κ3) is 5.47. The van der Waals surface area contributed by atoms with Crippen LogP contribution in [0.3, 0.4) is 0 Å². The lowest BCUT2D eigenvalue weighted by Crippen LogP contribution is -1.98. The number of anilines is 1. The molecule has 0 atom stereocenters. The highest BCUT2D eigenvalue weighted by Gasteiger charge is 2.01. The predicted molar refractivity (Wildman–Crippen MR) is 70.0 cm³/mol. The van der Waals surface area contributed by atoms with Gasteiger partial charge in [0.2, 0.25) is 0 Å². The van der Waals surface area contributed by atoms with Gasteiger partial charge in [-0.15, -0.1) is 0 Å². The average molecular weight is 242 g/mol. The Bertz CT molecular complexity index is 286. The quantitative estimate of drug-likeness (QED) is 0.708. The van der Waals surface area contributed by atoms with Crippen molar-refractivity contribution in [3.63, 3.8) is 0 Å². The third-order valence-corrected chi connectivity index (χ3v) is 3.09. The zero-order valence-electron chi connectivity index (χ0n) is 10.5. The topological polar surface area (TPSA) is 34.2 Å². The average Bonchev–Trinajstić information content (AvgIpc) is 2.69. The molecule has 0 bridgehead atoms. The van der Waals surface area contributed by atoms with Gasteiger partial charge in [0.05, 0.1) is 11.5 Å². The minimum absolute atomic E-state index is 0.693. The van der Waals surface area contributed by atoms with Crippen molar-refractivity contribution in [3.05, 3.63) is 11.1 Å². The van der Waals surface area contributed by atoms with Crippen LogP contribution in [0.4, 0.5) is 5.13 Å². The Labute approximate surface area is 102 Å². The zero-order valence-corrected chi connectivity index (χ0v) is 11.3. The zero-order chi connectivity index (χ0) is 11.8. The second-order valence-corrected chi connectivity index (χ2v) is 5.41. The van der Waals surface area contributed by atoms with Gasteiger partial charge in [0, 0.05) is 19.3 Å². The van der Waals surface area contributed by atoms with Gasteiger partial charge in [-0.1, -0.05) is 32.1 Å². The molecule has 92 valence electrons. The molecule has 0 amide bonds. The lowest BCUT2D eigenvalue weighted by Gasteiger charge is -2.04. The second-order valence-electron chi connectivity index (χ2n) is 4.29. The number of hydrogen-bond acceptors (Lipinski definition) is 4. The summed E-state index contributed by atoms with van der Waals surface area (Å²) < 4.78 is 5.59. The molecule has 0 fully saturated rings. The van der Waals surface area contributed by atoms with E-state index in [2.05, 4.69) is 31.1 Å². The molecule has 1 heterocycles. The number of nitrogens with zero attached hydrogens (tertiary/aromatic N) is 1. The number of ether oxygens (including phenoxy) is 1. The van der Waals surface area contributed by atoms with Crippen molar-refractivity contribution < 1.29 is 4.74 Å². The smallest absolute Gasteiger partial charge is 0.182 e. The Morgan fingerprint density at radius 2 is 2.31 bits per heavy atom. The van der Waals surface area contributed by atoms with Crippen LogP contribution in [-0.2, 0) is 11.3 Å². The fraction of sp³-hybridized carbons (Fsp3) is 0.750. The Morgan fingerprint density at radius 3 is 3.00 bits per heavy atom. The SMILES string of the molecule is CCCNc1ncc(COCCC(C)C)s1. The van der Waals surface area contributed by atoms with Crippen LogP contribution in [0.15, 0.2) is 6.20 Å². The van der Waals surface area contributed by atoms with Gasteiger partial charge < -0.3 is 10.1 Å². The molecule has 1 aromatic heterocycles. The Kier molecular flexibility index (Phi) is 6.42. The Balaban J connectivity index is 2.19. The van der Waals surface area contributed by atoms with Gasteiger partial charge in [-0.05, 0) is 18.8 Å². The van der Waals surface area contributed by atoms with Crippen molar-refractivity contribution in [1.29, 1.82) is 0 Å². The number of rotatable bonds is 8. The summed E-state index contributed by atoms with van der Waals surface area (Å²) in [7, 11) is 0. The number of hydrogen-bond donors (Lipinski definition) is 1. The fourth-order valence-electron chi connectivity index (χ4n) is 1.18. The first kappa shape index (κ1) is 13.5. The Hall–Kier alpha value is -0.610. The van der Waals surface area contributed by atoms with Gasteiger partial charge >= 0.3 is 0 Å². The highest BCUT2D eigenvalue weighted by molar-refractivity contribution is 7.15. The molecule has 0 saturated carbocycles. The molecule has 0 saturated heterocycles. The van der Waals surface area contributed by atoms with E-state index in [0.29, 0.717) is 12.5 Å². The summed E-state index contributed by atoms with van der Waals surface area (Å²) in [4.78, 5) is 5.49. The lowest BCUT2D eigenvalue weighted by molar-refractivity contribution is 0.112. The summed E-state index contributed by atoms with van der Waals surface area (Å²) in [6, 6.07) is 0. The van der Waals surface area contributed by atoms with Gasteiger partial charge in [0.15, 0.2) is 5.13 Å². The maximum absolute atomic E-state index is 5.59. The summed E-state index contributed by atoms with van der Waals surface area (Å²) in [5.41, 5.74) is 0. The van der Waals surface area contributed by atoms with Crippen molar-refractivity contribution in [1.82, 2.24) is 4.98 Å². The van der Waals surface area contributed by atoms with Crippen LogP contribution in [0.1, 0.15) is 38.5 Å². The van der Waals surface area contributed by atoms with Crippen LogP contribution >= 0.6 is 11.3 Å². The van der Waals surface area contributed by atoms with Crippen LogP contribution < -0.4 is 5.32 Å². The highest BCUT2D eigenvalue weighted by Crippen LogP contribution is 2.18. The molecule has 0 spiro atoms. The maximum Gasteiger partial charge on any atom is 0.182 e. The maximum atomic E-state index is 5.59. The summed E-state index contributed by atoms with van der Waals surface area (Å²) >= 11 is 1.68. The van der Waals surface area contributed by atoms with Crippen molar-refractivity contribution in [3.8, 4) is 0 Å². The first-order valence-electron chi connectivity index (χ1n) is 5.98. The van der Waals surface area contributed by atoms with Crippen molar-refractivity contribution >= 4 is 16.5 Å². The van der Waals surface area contributed by atoms with Crippen LogP contribution in [-0.4, -0.2) is 18.1 Å². The van der Waals surface area contributed by atoms with Crippen molar-refractivity contribution in [2.45, 2.75) is 40.2 Å². The molecule has 0 aliphatic heterocycles. The van der Waals surface area contributed by atoms with Gasteiger partial charge in [-0.2, -0.15) is 0 Å². The molecule has 0 unspecified atom stereocenters. The molecule has 1 rings (SSSR count). The van der Waals surface area contributed by atoms with Gasteiger partial charge in [0.25, 0.3) is 0 Å². The molecule has 0 radical (unpaired) electrons. The molecule has 4 heteroatoms. The number of nitrogens with one attached hydrogen (secondary N) is 1. The van der Waals surface area contributed by atoms with E-state index in [-0.39, 0.29) is 0 Å². The van der Waals surface area contributed by atoms with E-state index in [9.17, 15) is 0 Å². The van der Waals surface area contributed by atoms with E-state index in [1.807, 2.05) is 6.20 Å². The molecule has 16 heavy (non-hydrogen) atoms. The third-order valence-electron chi connectivity index (χ3n) is 2.16. The minimum atomic E-state index is 0.693. The molecule has 1 aromatic rings. The monoisotopic (exact) mass is 242 g/mol. The first-order chi connectivity index (χ1) is 7.72. The molecule has 3 nitrogen and oxygen atoms in total. The predicted octanol–water partition coefficient (Wildman–Crippen LogP) is 3.53. The molecular formula is C12H22N2OS. The standard InChI is InChI=1S/C12H22N2OS/c1-4-6-13-12-14-8-11(16-12)9-15-7-5-10(2)3/h8,10H,4-7,9H2,1-3H3,(H,13,14). The Morgan fingerprint density at radius 1 is 1.50 bits per heavy atom. The second kappa shape index (κ2) is 7.63. The van der Waals surface area contributed by atoms with Crippen LogP contribution in [0, 0.1) is 5.92 Å². The van der Waals surface area contributed by atoms with E-state index in [4.69, 9.17) is 4.74 Å². The summed E-state index contributed by atoms with van der Waals surface area (Å²) in [5.74, 6) is 0.711. The van der Waals surface area contributed by atoms with Gasteiger partial charge in [0.1, 0.15) is 0 Å². The van der Waals surface area contributed by atoms with Gasteiger partial charge in [-0.3, -0.25) is 0 Å². The molecular weight excluding hydrogens is 220 g/mol. The van der Waals surface area contributed by atoms with Crippen LogP contribution in [0.5, 0.6) is 0 Å².